The van der Waals surface area contributed by atoms with Gasteiger partial charge in [-0.2, -0.15) is 0 Å². The fraction of sp³-hybridized carbons (Fsp3) is 0.467. The summed E-state index contributed by atoms with van der Waals surface area (Å²) in [6, 6.07) is 4.89. The summed E-state index contributed by atoms with van der Waals surface area (Å²) in [5.41, 5.74) is 2.39. The van der Waals surface area contributed by atoms with Crippen LogP contribution in [0.1, 0.15) is 24.1 Å². The van der Waals surface area contributed by atoms with Crippen LogP contribution in [0.3, 0.4) is 0 Å². The zero-order valence-corrected chi connectivity index (χ0v) is 11.4. The Labute approximate surface area is 114 Å². The summed E-state index contributed by atoms with van der Waals surface area (Å²) in [4.78, 5) is 11.2. The molecule has 0 N–H and O–H groups in total. The summed E-state index contributed by atoms with van der Waals surface area (Å²) in [6.45, 7) is 5.24. The average molecular weight is 256 g/mol. The largest absolute Gasteiger partial charge is 0.336 e. The SMILES string of the molecule is Cc1ccc(CN2CCCC2Cn2ccnc2)nc1. The summed E-state index contributed by atoms with van der Waals surface area (Å²) >= 11 is 0. The molecule has 1 unspecified atom stereocenters. The van der Waals surface area contributed by atoms with Crippen LogP contribution in [0.5, 0.6) is 0 Å². The van der Waals surface area contributed by atoms with Crippen LogP contribution >= 0.6 is 0 Å². The number of aromatic nitrogens is 3. The maximum atomic E-state index is 4.51. The standard InChI is InChI=1S/C15H20N4/c1-13-4-5-14(17-9-13)10-19-7-2-3-15(19)11-18-8-6-16-12-18/h4-6,8-9,12,15H,2-3,7,10-11H2,1H3. The Morgan fingerprint density at radius 3 is 3.05 bits per heavy atom. The van der Waals surface area contributed by atoms with Crippen molar-refractivity contribution in [3.63, 3.8) is 0 Å². The predicted molar refractivity (Wildman–Crippen MR) is 74.6 cm³/mol. The molecule has 4 heteroatoms. The number of imidazole rings is 1. The molecule has 0 aliphatic carbocycles. The van der Waals surface area contributed by atoms with Crippen LogP contribution in [-0.2, 0) is 13.1 Å². The van der Waals surface area contributed by atoms with Crippen LogP contribution in [0.25, 0.3) is 0 Å². The van der Waals surface area contributed by atoms with Crippen molar-refractivity contribution < 1.29 is 0 Å². The van der Waals surface area contributed by atoms with E-state index in [9.17, 15) is 0 Å². The Kier molecular flexibility index (Phi) is 3.60. The lowest BCUT2D eigenvalue weighted by Gasteiger charge is -2.24. The molecule has 2 aromatic rings. The summed E-state index contributed by atoms with van der Waals surface area (Å²) in [7, 11) is 0. The highest BCUT2D eigenvalue weighted by molar-refractivity contribution is 5.12. The highest BCUT2D eigenvalue weighted by Gasteiger charge is 2.24. The molecule has 0 amide bonds. The molecule has 0 spiro atoms. The van der Waals surface area contributed by atoms with Crippen molar-refractivity contribution in [1.82, 2.24) is 19.4 Å². The Morgan fingerprint density at radius 2 is 2.32 bits per heavy atom. The van der Waals surface area contributed by atoms with Gasteiger partial charge < -0.3 is 4.57 Å². The van der Waals surface area contributed by atoms with Gasteiger partial charge in [0.25, 0.3) is 0 Å². The third-order valence-electron chi connectivity index (χ3n) is 3.82. The molecular formula is C15H20N4. The summed E-state index contributed by atoms with van der Waals surface area (Å²) in [5.74, 6) is 0. The lowest BCUT2D eigenvalue weighted by atomic mass is 10.2. The van der Waals surface area contributed by atoms with Crippen LogP contribution in [0, 0.1) is 6.92 Å². The molecule has 19 heavy (non-hydrogen) atoms. The van der Waals surface area contributed by atoms with Crippen LogP contribution < -0.4 is 0 Å². The molecular weight excluding hydrogens is 236 g/mol. The van der Waals surface area contributed by atoms with Gasteiger partial charge in [-0.05, 0) is 37.9 Å². The molecule has 1 fully saturated rings. The molecule has 0 radical (unpaired) electrons. The number of pyridine rings is 1. The minimum atomic E-state index is 0.609. The Hall–Kier alpha value is -1.68. The van der Waals surface area contributed by atoms with Gasteiger partial charge in [0.15, 0.2) is 0 Å². The van der Waals surface area contributed by atoms with E-state index in [1.165, 1.54) is 30.6 Å². The van der Waals surface area contributed by atoms with Gasteiger partial charge in [-0.3, -0.25) is 9.88 Å². The minimum absolute atomic E-state index is 0.609. The van der Waals surface area contributed by atoms with Crippen molar-refractivity contribution in [1.29, 1.82) is 0 Å². The van der Waals surface area contributed by atoms with Crippen LogP contribution in [0.15, 0.2) is 37.1 Å². The van der Waals surface area contributed by atoms with E-state index in [0.717, 1.165) is 13.1 Å². The Balaban J connectivity index is 1.64. The number of aryl methyl sites for hydroxylation is 1. The van der Waals surface area contributed by atoms with Gasteiger partial charge in [-0.25, -0.2) is 4.98 Å². The molecule has 0 saturated carbocycles. The molecule has 0 bridgehead atoms. The first-order valence-electron chi connectivity index (χ1n) is 6.92. The van der Waals surface area contributed by atoms with Gasteiger partial charge >= 0.3 is 0 Å². The highest BCUT2D eigenvalue weighted by Crippen LogP contribution is 2.20. The molecule has 1 saturated heterocycles. The van der Waals surface area contributed by atoms with Crippen molar-refractivity contribution in [2.24, 2.45) is 0 Å². The third-order valence-corrected chi connectivity index (χ3v) is 3.82. The summed E-state index contributed by atoms with van der Waals surface area (Å²) < 4.78 is 2.17. The van der Waals surface area contributed by atoms with E-state index in [-0.39, 0.29) is 0 Å². The molecule has 2 aromatic heterocycles. The van der Waals surface area contributed by atoms with Gasteiger partial charge in [-0.15, -0.1) is 0 Å². The van der Waals surface area contributed by atoms with Gasteiger partial charge in [0.05, 0.1) is 12.0 Å². The van der Waals surface area contributed by atoms with E-state index >= 15 is 0 Å². The van der Waals surface area contributed by atoms with Crippen LogP contribution in [0.2, 0.25) is 0 Å². The first-order valence-corrected chi connectivity index (χ1v) is 6.92. The van der Waals surface area contributed by atoms with E-state index in [1.54, 1.807) is 0 Å². The summed E-state index contributed by atoms with van der Waals surface area (Å²) in [5, 5.41) is 0. The van der Waals surface area contributed by atoms with Gasteiger partial charge in [-0.1, -0.05) is 6.07 Å². The monoisotopic (exact) mass is 256 g/mol. The number of rotatable bonds is 4. The fourth-order valence-electron chi connectivity index (χ4n) is 2.75. The highest BCUT2D eigenvalue weighted by atomic mass is 15.2. The molecule has 100 valence electrons. The molecule has 3 rings (SSSR count). The van der Waals surface area contributed by atoms with E-state index < -0.39 is 0 Å². The first-order chi connectivity index (χ1) is 9.31. The zero-order chi connectivity index (χ0) is 13.1. The first kappa shape index (κ1) is 12.4. The maximum absolute atomic E-state index is 4.51. The zero-order valence-electron chi connectivity index (χ0n) is 11.4. The predicted octanol–water partition coefficient (Wildman–Crippen LogP) is 2.25. The number of hydrogen-bond donors (Lipinski definition) is 0. The molecule has 1 aliphatic rings. The third kappa shape index (κ3) is 3.01. The Morgan fingerprint density at radius 1 is 1.37 bits per heavy atom. The summed E-state index contributed by atoms with van der Waals surface area (Å²) in [6.07, 6.45) is 10.3. The van der Waals surface area contributed by atoms with Crippen molar-refractivity contribution in [3.05, 3.63) is 48.3 Å². The molecule has 3 heterocycles. The molecule has 1 aliphatic heterocycles. The van der Waals surface area contributed by atoms with E-state index in [1.807, 2.05) is 24.9 Å². The van der Waals surface area contributed by atoms with Crippen molar-refractivity contribution in [3.8, 4) is 0 Å². The number of likely N-dealkylation sites (tertiary alicyclic amines) is 1. The maximum Gasteiger partial charge on any atom is 0.0946 e. The smallest absolute Gasteiger partial charge is 0.0946 e. The molecule has 4 nitrogen and oxygen atoms in total. The van der Waals surface area contributed by atoms with E-state index in [2.05, 4.69) is 38.5 Å². The number of nitrogens with zero attached hydrogens (tertiary/aromatic N) is 4. The second-order valence-corrected chi connectivity index (χ2v) is 5.35. The lowest BCUT2D eigenvalue weighted by molar-refractivity contribution is 0.222. The minimum Gasteiger partial charge on any atom is -0.336 e. The van der Waals surface area contributed by atoms with E-state index in [0.29, 0.717) is 6.04 Å². The van der Waals surface area contributed by atoms with Crippen LogP contribution in [-0.4, -0.2) is 32.0 Å². The number of hydrogen-bond acceptors (Lipinski definition) is 3. The molecule has 0 aromatic carbocycles. The average Bonchev–Trinajstić information content (AvgIpc) is 3.06. The fourth-order valence-corrected chi connectivity index (χ4v) is 2.75. The van der Waals surface area contributed by atoms with Crippen molar-refractivity contribution >= 4 is 0 Å². The van der Waals surface area contributed by atoms with Gasteiger partial charge in [0.1, 0.15) is 0 Å². The molecule has 1 atom stereocenters. The van der Waals surface area contributed by atoms with Gasteiger partial charge in [0.2, 0.25) is 0 Å². The second kappa shape index (κ2) is 5.53. The van der Waals surface area contributed by atoms with Gasteiger partial charge in [0, 0.05) is 37.7 Å². The topological polar surface area (TPSA) is 34.0 Å². The second-order valence-electron chi connectivity index (χ2n) is 5.35. The Bertz CT molecular complexity index is 503. The normalized spacial score (nSPS) is 19.9. The lowest BCUT2D eigenvalue weighted by Crippen LogP contribution is -2.32. The van der Waals surface area contributed by atoms with Crippen molar-refractivity contribution in [2.45, 2.75) is 38.9 Å². The van der Waals surface area contributed by atoms with Crippen LogP contribution in [0.4, 0.5) is 0 Å². The quantitative estimate of drug-likeness (QED) is 0.841. The van der Waals surface area contributed by atoms with Crippen molar-refractivity contribution in [2.75, 3.05) is 6.54 Å². The van der Waals surface area contributed by atoms with E-state index in [4.69, 9.17) is 0 Å².